The highest BCUT2D eigenvalue weighted by molar-refractivity contribution is 8.11. The van der Waals surface area contributed by atoms with Gasteiger partial charge in [-0.1, -0.05) is 23.2 Å². The molecule has 8 heteroatoms. The zero-order chi connectivity index (χ0) is 9.28. The van der Waals surface area contributed by atoms with E-state index in [0.717, 1.165) is 0 Å². The first-order valence-electron chi connectivity index (χ1n) is 2.32. The summed E-state index contributed by atoms with van der Waals surface area (Å²) in [4.78, 5) is -0.851. The molecule has 0 fully saturated rings. The minimum Gasteiger partial charge on any atom is -0.286 e. The number of hydrogen-bond donors (Lipinski definition) is 0. The van der Waals surface area contributed by atoms with Gasteiger partial charge in [0.2, 0.25) is 0 Å². The SMILES string of the molecule is O=P(Cl)(Cl)C(Cl)(Cl)CC(Cl)Cl. The zero-order valence-corrected chi connectivity index (χ0v) is 10.3. The van der Waals surface area contributed by atoms with Crippen LogP contribution < -0.4 is 0 Å². The first-order chi connectivity index (χ1) is 4.67. The Labute approximate surface area is 94.2 Å². The Morgan fingerprint density at radius 1 is 1.27 bits per heavy atom. The molecule has 0 saturated carbocycles. The van der Waals surface area contributed by atoms with E-state index < -0.39 is 14.8 Å². The van der Waals surface area contributed by atoms with Crippen LogP contribution in [0.2, 0.25) is 0 Å². The Hall–Kier alpha value is 1.97. The topological polar surface area (TPSA) is 17.1 Å². The Morgan fingerprint density at radius 3 is 1.73 bits per heavy atom. The van der Waals surface area contributed by atoms with E-state index in [1.165, 1.54) is 0 Å². The third kappa shape index (κ3) is 4.67. The molecular formula is C3H3Cl6OP. The highest BCUT2D eigenvalue weighted by Gasteiger charge is 2.44. The number of rotatable bonds is 3. The van der Waals surface area contributed by atoms with Crippen molar-refractivity contribution in [3.8, 4) is 0 Å². The van der Waals surface area contributed by atoms with Gasteiger partial charge in [0.05, 0.1) is 0 Å². The van der Waals surface area contributed by atoms with Crippen molar-refractivity contribution in [3.63, 3.8) is 0 Å². The molecule has 0 unspecified atom stereocenters. The van der Waals surface area contributed by atoms with Gasteiger partial charge in [-0.25, -0.2) is 0 Å². The van der Waals surface area contributed by atoms with Gasteiger partial charge in [0.25, 0.3) is 5.85 Å². The molecule has 0 aliphatic carbocycles. The smallest absolute Gasteiger partial charge is 0.286 e. The van der Waals surface area contributed by atoms with Gasteiger partial charge < -0.3 is 0 Å². The molecule has 0 bridgehead atoms. The molecule has 0 radical (unpaired) electrons. The highest BCUT2D eigenvalue weighted by Crippen LogP contribution is 2.72. The first kappa shape index (κ1) is 13.0. The van der Waals surface area contributed by atoms with Gasteiger partial charge in [-0.05, 0) is 22.5 Å². The van der Waals surface area contributed by atoms with E-state index in [9.17, 15) is 4.57 Å². The van der Waals surface area contributed by atoms with Crippen molar-refractivity contribution < 1.29 is 4.57 Å². The predicted molar refractivity (Wildman–Crippen MR) is 53.9 cm³/mol. The van der Waals surface area contributed by atoms with Gasteiger partial charge in [-0.15, -0.1) is 23.2 Å². The summed E-state index contributed by atoms with van der Waals surface area (Å²) in [5.74, 6) is -3.62. The molecule has 0 spiro atoms. The molecule has 0 amide bonds. The maximum Gasteiger partial charge on any atom is 0.287 e. The van der Waals surface area contributed by atoms with E-state index in [-0.39, 0.29) is 6.42 Å². The van der Waals surface area contributed by atoms with Crippen molar-refractivity contribution >= 4 is 74.7 Å². The molecule has 0 aromatic carbocycles. The van der Waals surface area contributed by atoms with E-state index in [2.05, 4.69) is 0 Å². The van der Waals surface area contributed by atoms with Gasteiger partial charge in [0.15, 0.2) is 4.07 Å². The van der Waals surface area contributed by atoms with Gasteiger partial charge >= 0.3 is 0 Å². The quantitative estimate of drug-likeness (QED) is 0.530. The standard InChI is InChI=1S/C3H3Cl6OP/c4-2(5)1-3(6,7)11(8,9)10/h2H,1H2. The Kier molecular flexibility index (Phi) is 5.26. The summed E-state index contributed by atoms with van der Waals surface area (Å²) in [6.45, 7) is 0. The molecule has 0 heterocycles. The average molecular weight is 299 g/mol. The summed E-state index contributed by atoms with van der Waals surface area (Å²) >= 11 is 32.0. The molecule has 1 nitrogen and oxygen atoms in total. The lowest BCUT2D eigenvalue weighted by Gasteiger charge is -2.20. The third-order valence-corrected chi connectivity index (χ3v) is 6.54. The van der Waals surface area contributed by atoms with Gasteiger partial charge in [-0.2, -0.15) is 0 Å². The van der Waals surface area contributed by atoms with Crippen LogP contribution in [0.1, 0.15) is 6.42 Å². The monoisotopic (exact) mass is 296 g/mol. The second-order valence-corrected chi connectivity index (χ2v) is 10.1. The fourth-order valence-corrected chi connectivity index (χ4v) is 2.40. The first-order valence-corrected chi connectivity index (χ1v) is 7.47. The normalized spacial score (nSPS) is 14.1. The molecule has 0 aliphatic heterocycles. The summed E-state index contributed by atoms with van der Waals surface area (Å²) in [6.07, 6.45) is -0.149. The molecule has 11 heavy (non-hydrogen) atoms. The van der Waals surface area contributed by atoms with E-state index >= 15 is 0 Å². The molecule has 0 aromatic heterocycles. The Morgan fingerprint density at radius 2 is 1.64 bits per heavy atom. The molecule has 68 valence electrons. The maximum atomic E-state index is 10.9. The minimum absolute atomic E-state index is 0.149. The van der Waals surface area contributed by atoms with Crippen LogP contribution in [0, 0.1) is 0 Å². The van der Waals surface area contributed by atoms with Crippen molar-refractivity contribution in [2.75, 3.05) is 0 Å². The van der Waals surface area contributed by atoms with Crippen LogP contribution in [0.15, 0.2) is 0 Å². The van der Waals surface area contributed by atoms with E-state index in [4.69, 9.17) is 68.9 Å². The Bertz CT molecular complexity index is 173. The van der Waals surface area contributed by atoms with Gasteiger partial charge in [0.1, 0.15) is 4.84 Å². The van der Waals surface area contributed by atoms with Crippen molar-refractivity contribution in [3.05, 3.63) is 0 Å². The van der Waals surface area contributed by atoms with Crippen LogP contribution in [-0.2, 0) is 4.57 Å². The summed E-state index contributed by atoms with van der Waals surface area (Å²) < 4.78 is 9.15. The molecule has 0 rings (SSSR count). The summed E-state index contributed by atoms with van der Waals surface area (Å²) in [6, 6.07) is 0. The Balaban J connectivity index is 4.35. The van der Waals surface area contributed by atoms with Crippen molar-refractivity contribution in [1.82, 2.24) is 0 Å². The lowest BCUT2D eigenvalue weighted by atomic mass is 10.5. The van der Waals surface area contributed by atoms with E-state index in [0.29, 0.717) is 0 Å². The fourth-order valence-electron chi connectivity index (χ4n) is 0.292. The fraction of sp³-hybridized carbons (Fsp3) is 1.00. The second-order valence-electron chi connectivity index (χ2n) is 1.72. The van der Waals surface area contributed by atoms with Crippen molar-refractivity contribution in [2.45, 2.75) is 15.3 Å². The van der Waals surface area contributed by atoms with Crippen LogP contribution in [0.4, 0.5) is 0 Å². The third-order valence-electron chi connectivity index (χ3n) is 0.781. The van der Waals surface area contributed by atoms with Crippen LogP contribution in [0.3, 0.4) is 0 Å². The maximum absolute atomic E-state index is 10.9. The number of halogens is 6. The van der Waals surface area contributed by atoms with Crippen molar-refractivity contribution in [1.29, 1.82) is 0 Å². The largest absolute Gasteiger partial charge is 0.287 e. The lowest BCUT2D eigenvalue weighted by Crippen LogP contribution is -2.11. The summed E-state index contributed by atoms with van der Waals surface area (Å²) in [5.41, 5.74) is 0. The highest BCUT2D eigenvalue weighted by atomic mass is 35.9. The van der Waals surface area contributed by atoms with Gasteiger partial charge in [0, 0.05) is 6.42 Å². The second kappa shape index (κ2) is 4.46. The molecule has 0 aliphatic rings. The van der Waals surface area contributed by atoms with Crippen LogP contribution in [0.25, 0.3) is 0 Å². The minimum atomic E-state index is -3.62. The van der Waals surface area contributed by atoms with Crippen LogP contribution in [0.5, 0.6) is 0 Å². The van der Waals surface area contributed by atoms with E-state index in [1.54, 1.807) is 0 Å². The molecule has 0 N–H and O–H groups in total. The van der Waals surface area contributed by atoms with Crippen molar-refractivity contribution in [2.24, 2.45) is 0 Å². The average Bonchev–Trinajstić information content (AvgIpc) is 1.56. The molecule has 0 atom stereocenters. The zero-order valence-electron chi connectivity index (χ0n) is 4.91. The predicted octanol–water partition coefficient (Wildman–Crippen LogP) is 4.98. The molecule has 0 saturated heterocycles. The summed E-state index contributed by atoms with van der Waals surface area (Å²) in [5, 5.41) is 0. The van der Waals surface area contributed by atoms with Crippen LogP contribution in [-0.4, -0.2) is 8.91 Å². The number of alkyl halides is 4. The number of hydrogen-bond acceptors (Lipinski definition) is 1. The molecular weight excluding hydrogens is 296 g/mol. The lowest BCUT2D eigenvalue weighted by molar-refractivity contribution is 0.586. The van der Waals surface area contributed by atoms with Gasteiger partial charge in [-0.3, -0.25) is 4.57 Å². The molecule has 0 aromatic rings. The summed E-state index contributed by atoms with van der Waals surface area (Å²) in [7, 11) is 0. The van der Waals surface area contributed by atoms with Crippen LogP contribution >= 0.6 is 74.7 Å². The van der Waals surface area contributed by atoms with E-state index in [1.807, 2.05) is 0 Å².